The molecule has 0 saturated carbocycles. The van der Waals surface area contributed by atoms with E-state index in [-0.39, 0.29) is 22.0 Å². The van der Waals surface area contributed by atoms with Crippen LogP contribution in [0.3, 0.4) is 0 Å². The van der Waals surface area contributed by atoms with Crippen molar-refractivity contribution in [3.63, 3.8) is 0 Å². The molecule has 1 fully saturated rings. The van der Waals surface area contributed by atoms with Crippen molar-refractivity contribution in [2.24, 2.45) is 4.99 Å². The van der Waals surface area contributed by atoms with Crippen molar-refractivity contribution in [3.05, 3.63) is 74.4 Å². The number of halogens is 2. The third kappa shape index (κ3) is 5.93. The molecule has 0 radical (unpaired) electrons. The lowest BCUT2D eigenvalue weighted by molar-refractivity contribution is 0.0620. The van der Waals surface area contributed by atoms with Crippen LogP contribution in [-0.4, -0.2) is 69.6 Å². The van der Waals surface area contributed by atoms with E-state index in [4.69, 9.17) is 16.3 Å². The molecule has 184 valence electrons. The van der Waals surface area contributed by atoms with Gasteiger partial charge in [-0.2, -0.15) is 0 Å². The Kier molecular flexibility index (Phi) is 7.91. The molecule has 0 atom stereocenters. The average molecular weight is 520 g/mol. The van der Waals surface area contributed by atoms with Gasteiger partial charge in [0.15, 0.2) is 16.4 Å². The molecule has 3 aromatic rings. The number of methoxy groups -OCH3 is 1. The molecule has 1 saturated heterocycles. The van der Waals surface area contributed by atoms with Gasteiger partial charge in [-0.3, -0.25) is 14.3 Å². The molecule has 1 N–H and O–H groups in total. The first-order valence-electron chi connectivity index (χ1n) is 10.7. The first-order chi connectivity index (χ1) is 16.9. The minimum atomic E-state index is -1.07. The third-order valence-corrected chi connectivity index (χ3v) is 6.56. The number of amides is 1. The Hall–Kier alpha value is -3.12. The van der Waals surface area contributed by atoms with Gasteiger partial charge < -0.3 is 14.7 Å². The van der Waals surface area contributed by atoms with Gasteiger partial charge in [-0.25, -0.2) is 19.2 Å². The van der Waals surface area contributed by atoms with Crippen LogP contribution in [0.4, 0.5) is 10.2 Å². The van der Waals surface area contributed by atoms with Gasteiger partial charge in [0.25, 0.3) is 5.91 Å². The maximum absolute atomic E-state index is 14.3. The number of benzene rings is 1. The number of pyridine rings is 1. The molecule has 35 heavy (non-hydrogen) atoms. The van der Waals surface area contributed by atoms with E-state index in [9.17, 15) is 19.1 Å². The Labute approximate surface area is 209 Å². The topological polar surface area (TPSA) is 100 Å². The first kappa shape index (κ1) is 25.0. The van der Waals surface area contributed by atoms with E-state index < -0.39 is 17.7 Å². The predicted molar refractivity (Wildman–Crippen MR) is 128 cm³/mol. The number of hydrogen-bond donors (Lipinski definition) is 1. The molecular weight excluding hydrogens is 497 g/mol. The van der Waals surface area contributed by atoms with E-state index in [1.807, 2.05) is 11.6 Å². The summed E-state index contributed by atoms with van der Waals surface area (Å²) in [5, 5.41) is 11.3. The lowest BCUT2D eigenvalue weighted by atomic mass is 10.1. The summed E-state index contributed by atoms with van der Waals surface area (Å²) in [7, 11) is 1.58. The monoisotopic (exact) mass is 519 g/mol. The molecule has 0 unspecified atom stereocenters. The van der Waals surface area contributed by atoms with Crippen LogP contribution in [0.2, 0.25) is 5.02 Å². The normalized spacial score (nSPS) is 14.9. The second-order valence-corrected chi connectivity index (χ2v) is 9.15. The van der Waals surface area contributed by atoms with Crippen molar-refractivity contribution in [2.75, 3.05) is 33.3 Å². The minimum Gasteiger partial charge on any atom is -0.478 e. The molecule has 4 rings (SSSR count). The number of carbonyl (C=O) groups excluding carboxylic acids is 1. The number of rotatable bonds is 7. The number of ether oxygens (including phenoxy) is 1. The maximum atomic E-state index is 14.3. The molecule has 1 aromatic carbocycles. The molecule has 0 spiro atoms. The second kappa shape index (κ2) is 11.1. The maximum Gasteiger partial charge on any atom is 0.335 e. The summed E-state index contributed by atoms with van der Waals surface area (Å²) >= 11 is 7.20. The van der Waals surface area contributed by atoms with E-state index >= 15 is 0 Å². The highest BCUT2D eigenvalue weighted by molar-refractivity contribution is 7.07. The van der Waals surface area contributed by atoms with Crippen LogP contribution in [0.5, 0.6) is 0 Å². The summed E-state index contributed by atoms with van der Waals surface area (Å²) < 4.78 is 21.2. The molecular formula is C23H23ClFN5O4S. The molecule has 1 aliphatic heterocycles. The van der Waals surface area contributed by atoms with Gasteiger partial charge >= 0.3 is 5.97 Å². The van der Waals surface area contributed by atoms with E-state index in [2.05, 4.69) is 14.9 Å². The Morgan fingerprint density at radius 1 is 1.26 bits per heavy atom. The standard InChI is InChI=1S/C23H23ClFN5O4S/c1-34-14-30-9-10-35-23(30)27-19-12-15(22(32)33)11-16(26-19)13-28-5-7-29(8-6-28)21(31)17-3-2-4-18(24)20(17)25/h2-4,9-12H,5-8,13-14H2,1H3,(H,32,33)/b27-23-. The van der Waals surface area contributed by atoms with Gasteiger partial charge in [0.1, 0.15) is 6.73 Å². The fourth-order valence-corrected chi connectivity index (χ4v) is 4.63. The van der Waals surface area contributed by atoms with Gasteiger partial charge in [-0.05, 0) is 24.3 Å². The number of thiazole rings is 1. The van der Waals surface area contributed by atoms with Crippen molar-refractivity contribution < 1.29 is 23.8 Å². The number of piperazine rings is 1. The number of hydrogen-bond acceptors (Lipinski definition) is 7. The number of carboxylic acid groups (broad SMARTS) is 1. The summed E-state index contributed by atoms with van der Waals surface area (Å²) in [5.74, 6) is -1.90. The van der Waals surface area contributed by atoms with E-state index in [0.29, 0.717) is 49.9 Å². The van der Waals surface area contributed by atoms with Crippen LogP contribution in [0.15, 0.2) is 46.9 Å². The van der Waals surface area contributed by atoms with Crippen LogP contribution < -0.4 is 4.80 Å². The van der Waals surface area contributed by atoms with Gasteiger partial charge in [-0.15, -0.1) is 11.3 Å². The molecule has 2 aromatic heterocycles. The smallest absolute Gasteiger partial charge is 0.335 e. The average Bonchev–Trinajstić information content (AvgIpc) is 3.27. The summed E-state index contributed by atoms with van der Waals surface area (Å²) in [5.41, 5.74) is 0.598. The van der Waals surface area contributed by atoms with Gasteiger partial charge in [-0.1, -0.05) is 17.7 Å². The summed E-state index contributed by atoms with van der Waals surface area (Å²) in [4.78, 5) is 37.8. The van der Waals surface area contributed by atoms with Crippen LogP contribution in [0.1, 0.15) is 26.4 Å². The van der Waals surface area contributed by atoms with Crippen LogP contribution in [-0.2, 0) is 18.0 Å². The summed E-state index contributed by atoms with van der Waals surface area (Å²) in [6.45, 7) is 2.55. The molecule has 12 heteroatoms. The molecule has 1 aliphatic rings. The van der Waals surface area contributed by atoms with E-state index in [0.717, 1.165) is 0 Å². The molecule has 0 bridgehead atoms. The predicted octanol–water partition coefficient (Wildman–Crippen LogP) is 3.23. The molecule has 3 heterocycles. The zero-order valence-electron chi connectivity index (χ0n) is 18.9. The third-order valence-electron chi connectivity index (χ3n) is 5.48. The van der Waals surface area contributed by atoms with Crippen molar-refractivity contribution in [2.45, 2.75) is 13.3 Å². The number of carbonyl (C=O) groups is 2. The Morgan fingerprint density at radius 2 is 2.03 bits per heavy atom. The second-order valence-electron chi connectivity index (χ2n) is 7.87. The van der Waals surface area contributed by atoms with Crippen LogP contribution in [0.25, 0.3) is 0 Å². The SMILES string of the molecule is COCn1ccs/c1=N\c1cc(C(=O)O)cc(CN2CCN(C(=O)c3cccc(Cl)c3F)CC2)n1. The number of carboxylic acids is 1. The van der Waals surface area contributed by atoms with Crippen molar-refractivity contribution >= 4 is 40.6 Å². The van der Waals surface area contributed by atoms with Crippen LogP contribution in [0, 0.1) is 5.82 Å². The van der Waals surface area contributed by atoms with Gasteiger partial charge in [0, 0.05) is 51.4 Å². The highest BCUT2D eigenvalue weighted by Crippen LogP contribution is 2.21. The largest absolute Gasteiger partial charge is 0.478 e. The Morgan fingerprint density at radius 3 is 2.74 bits per heavy atom. The Balaban J connectivity index is 1.48. The lowest BCUT2D eigenvalue weighted by Crippen LogP contribution is -2.48. The highest BCUT2D eigenvalue weighted by Gasteiger charge is 2.25. The van der Waals surface area contributed by atoms with Gasteiger partial charge in [0.2, 0.25) is 0 Å². The quantitative estimate of drug-likeness (QED) is 0.514. The fourth-order valence-electron chi connectivity index (χ4n) is 3.73. The van der Waals surface area contributed by atoms with Crippen molar-refractivity contribution in [3.8, 4) is 0 Å². The van der Waals surface area contributed by atoms with E-state index in [1.165, 1.54) is 35.6 Å². The van der Waals surface area contributed by atoms with Gasteiger partial charge in [0.05, 0.1) is 21.8 Å². The number of nitrogens with zero attached hydrogens (tertiary/aromatic N) is 5. The van der Waals surface area contributed by atoms with Crippen molar-refractivity contribution in [1.29, 1.82) is 0 Å². The summed E-state index contributed by atoms with van der Waals surface area (Å²) in [6.07, 6.45) is 1.82. The zero-order valence-corrected chi connectivity index (χ0v) is 20.4. The van der Waals surface area contributed by atoms with Crippen LogP contribution >= 0.6 is 22.9 Å². The molecule has 0 aliphatic carbocycles. The highest BCUT2D eigenvalue weighted by atomic mass is 35.5. The zero-order chi connectivity index (χ0) is 24.9. The summed E-state index contributed by atoms with van der Waals surface area (Å²) in [6, 6.07) is 7.33. The first-order valence-corrected chi connectivity index (χ1v) is 12.0. The fraction of sp³-hybridized carbons (Fsp3) is 0.304. The van der Waals surface area contributed by atoms with E-state index in [1.54, 1.807) is 22.6 Å². The van der Waals surface area contributed by atoms with Crippen molar-refractivity contribution in [1.82, 2.24) is 19.4 Å². The Bertz CT molecular complexity index is 1300. The number of aromatic carboxylic acids is 1. The minimum absolute atomic E-state index is 0.0488. The lowest BCUT2D eigenvalue weighted by Gasteiger charge is -2.34. The number of aromatic nitrogens is 2. The molecule has 9 nitrogen and oxygen atoms in total. The molecule has 1 amide bonds.